The number of esters is 1. The number of carbonyl (C=O) groups excluding carboxylic acids is 3. The van der Waals surface area contributed by atoms with E-state index in [0.29, 0.717) is 11.3 Å². The number of ether oxygens (including phenoxy) is 2. The molecule has 2 aliphatic rings. The predicted octanol–water partition coefficient (Wildman–Crippen LogP) is 0.756. The number of aliphatic carboxylic acids is 1. The number of β-lactam (4-membered cyclic amide) rings is 1. The van der Waals surface area contributed by atoms with E-state index in [1.54, 1.807) is 31.2 Å². The van der Waals surface area contributed by atoms with Crippen molar-refractivity contribution < 1.29 is 33.8 Å². The first kappa shape index (κ1) is 20.7. The van der Waals surface area contributed by atoms with E-state index in [0.717, 1.165) is 4.90 Å². The van der Waals surface area contributed by atoms with Gasteiger partial charge in [0.15, 0.2) is 6.61 Å². The third kappa shape index (κ3) is 4.37. The highest BCUT2D eigenvalue weighted by molar-refractivity contribution is 8.00. The summed E-state index contributed by atoms with van der Waals surface area (Å²) >= 11 is 1.30. The van der Waals surface area contributed by atoms with Gasteiger partial charge in [-0.2, -0.15) is 0 Å². The van der Waals surface area contributed by atoms with Crippen LogP contribution in [0.4, 0.5) is 0 Å². The van der Waals surface area contributed by atoms with Gasteiger partial charge in [-0.3, -0.25) is 19.3 Å². The number of rotatable bonds is 7. The van der Waals surface area contributed by atoms with Crippen LogP contribution in [0, 0.1) is 0 Å². The van der Waals surface area contributed by atoms with E-state index in [1.807, 2.05) is 6.07 Å². The molecule has 3 rings (SSSR count). The van der Waals surface area contributed by atoms with Crippen LogP contribution < -0.4 is 10.1 Å². The number of hydrogen-bond acceptors (Lipinski definition) is 7. The van der Waals surface area contributed by atoms with Crippen LogP contribution in [0.3, 0.4) is 0 Å². The van der Waals surface area contributed by atoms with E-state index in [-0.39, 0.29) is 18.1 Å². The Bertz CT molecular complexity index is 871. The van der Waals surface area contributed by atoms with Gasteiger partial charge in [-0.15, -0.1) is 11.8 Å². The van der Waals surface area contributed by atoms with Gasteiger partial charge in [0.2, 0.25) is 0 Å². The van der Waals surface area contributed by atoms with Gasteiger partial charge in [0.1, 0.15) is 29.0 Å². The lowest BCUT2D eigenvalue weighted by Crippen LogP contribution is -2.71. The number of carboxylic acid groups (broad SMARTS) is 1. The number of hydrogen-bond donors (Lipinski definition) is 2. The van der Waals surface area contributed by atoms with E-state index in [4.69, 9.17) is 9.47 Å². The molecule has 10 heteroatoms. The maximum atomic E-state index is 12.6. The van der Waals surface area contributed by atoms with Crippen LogP contribution in [0.25, 0.3) is 0 Å². The van der Waals surface area contributed by atoms with Gasteiger partial charge >= 0.3 is 11.9 Å². The van der Waals surface area contributed by atoms with Gasteiger partial charge in [-0.05, 0) is 19.1 Å². The fourth-order valence-corrected chi connectivity index (χ4v) is 4.61. The maximum absolute atomic E-state index is 12.6. The van der Waals surface area contributed by atoms with Gasteiger partial charge in [0.25, 0.3) is 11.8 Å². The minimum atomic E-state index is -1.28. The van der Waals surface area contributed by atoms with Crippen LogP contribution in [0.2, 0.25) is 0 Å². The zero-order valence-electron chi connectivity index (χ0n) is 15.8. The van der Waals surface area contributed by atoms with Crippen LogP contribution >= 0.6 is 11.8 Å². The SMILES string of the molecule is CC(=O)OC(C)C1=C(C(=O)O)N2C(=O)[C@@H](NC(=O)COc3ccccc3)[C@H]2SC1. The number of amides is 2. The van der Waals surface area contributed by atoms with Crippen LogP contribution in [0.5, 0.6) is 5.75 Å². The summed E-state index contributed by atoms with van der Waals surface area (Å²) in [5.41, 5.74) is 0.151. The average molecular weight is 420 g/mol. The van der Waals surface area contributed by atoms with Gasteiger partial charge in [-0.25, -0.2) is 4.79 Å². The molecule has 0 saturated carbocycles. The molecule has 29 heavy (non-hydrogen) atoms. The topological polar surface area (TPSA) is 122 Å². The summed E-state index contributed by atoms with van der Waals surface area (Å²) in [4.78, 5) is 48.8. The van der Waals surface area contributed by atoms with E-state index in [9.17, 15) is 24.3 Å². The first-order valence-electron chi connectivity index (χ1n) is 8.85. The Hall–Kier alpha value is -3.01. The molecule has 3 atom stereocenters. The lowest BCUT2D eigenvalue weighted by molar-refractivity contribution is -0.151. The van der Waals surface area contributed by atoms with Gasteiger partial charge in [0.05, 0.1) is 0 Å². The number of nitrogens with one attached hydrogen (secondary N) is 1. The zero-order valence-corrected chi connectivity index (χ0v) is 16.6. The minimum Gasteiger partial charge on any atom is -0.484 e. The molecule has 9 nitrogen and oxygen atoms in total. The number of nitrogens with zero attached hydrogens (tertiary/aromatic N) is 1. The molecule has 0 spiro atoms. The monoisotopic (exact) mass is 420 g/mol. The highest BCUT2D eigenvalue weighted by atomic mass is 32.2. The fraction of sp³-hybridized carbons (Fsp3) is 0.368. The highest BCUT2D eigenvalue weighted by Gasteiger charge is 2.54. The first-order valence-corrected chi connectivity index (χ1v) is 9.90. The Morgan fingerprint density at radius 1 is 1.31 bits per heavy atom. The van der Waals surface area contributed by atoms with Crippen molar-refractivity contribution in [1.82, 2.24) is 10.2 Å². The Labute approximate surface area is 171 Å². The third-order valence-corrected chi connectivity index (χ3v) is 5.77. The maximum Gasteiger partial charge on any atom is 0.352 e. The molecule has 0 aromatic heterocycles. The van der Waals surface area contributed by atoms with Crippen LogP contribution in [0.15, 0.2) is 41.6 Å². The molecule has 2 amide bonds. The first-order chi connectivity index (χ1) is 13.8. The largest absolute Gasteiger partial charge is 0.484 e. The Morgan fingerprint density at radius 2 is 2.00 bits per heavy atom. The van der Waals surface area contributed by atoms with Crippen molar-refractivity contribution in [1.29, 1.82) is 0 Å². The summed E-state index contributed by atoms with van der Waals surface area (Å²) < 4.78 is 10.4. The van der Waals surface area contributed by atoms with Crippen molar-refractivity contribution in [3.05, 3.63) is 41.6 Å². The van der Waals surface area contributed by atoms with Crippen molar-refractivity contribution in [3.63, 3.8) is 0 Å². The predicted molar refractivity (Wildman–Crippen MR) is 103 cm³/mol. The number of thioether (sulfide) groups is 1. The second-order valence-corrected chi connectivity index (χ2v) is 7.59. The lowest BCUT2D eigenvalue weighted by atomic mass is 10.0. The number of carbonyl (C=O) groups is 4. The number of fused-ring (bicyclic) bond motifs is 1. The van der Waals surface area contributed by atoms with Crippen molar-refractivity contribution in [3.8, 4) is 5.75 Å². The Morgan fingerprint density at radius 3 is 2.62 bits per heavy atom. The van der Waals surface area contributed by atoms with Crippen molar-refractivity contribution in [2.75, 3.05) is 12.4 Å². The summed E-state index contributed by atoms with van der Waals surface area (Å²) in [7, 11) is 0. The van der Waals surface area contributed by atoms with E-state index in [2.05, 4.69) is 5.32 Å². The highest BCUT2D eigenvalue weighted by Crippen LogP contribution is 2.41. The molecule has 1 aromatic carbocycles. The summed E-state index contributed by atoms with van der Waals surface area (Å²) in [6, 6.07) is 7.93. The molecule has 154 valence electrons. The molecule has 1 aromatic rings. The number of benzene rings is 1. The zero-order chi connectivity index (χ0) is 21.1. The van der Waals surface area contributed by atoms with Crippen molar-refractivity contribution >= 4 is 35.5 Å². The van der Waals surface area contributed by atoms with Gasteiger partial charge < -0.3 is 19.9 Å². The standard InChI is InChI=1S/C19H20N2O7S/c1-10(28-11(2)22)13-9-29-18-15(17(24)21(18)16(13)19(25)26)20-14(23)8-27-12-6-4-3-5-7-12/h3-7,10,15,18H,8-9H2,1-2H3,(H,20,23)(H,25,26)/t10?,15-,18-/m1/s1. The molecule has 1 unspecified atom stereocenters. The Balaban J connectivity index is 1.66. The minimum absolute atomic E-state index is 0.196. The molecule has 1 saturated heterocycles. The van der Waals surface area contributed by atoms with E-state index >= 15 is 0 Å². The van der Waals surface area contributed by atoms with E-state index < -0.39 is 41.3 Å². The van der Waals surface area contributed by atoms with Gasteiger partial charge in [-0.1, -0.05) is 18.2 Å². The Kier molecular flexibility index (Phi) is 6.12. The second-order valence-electron chi connectivity index (χ2n) is 6.49. The smallest absolute Gasteiger partial charge is 0.352 e. The summed E-state index contributed by atoms with van der Waals surface area (Å²) in [5.74, 6) is -2.04. The molecule has 0 aliphatic carbocycles. The summed E-state index contributed by atoms with van der Waals surface area (Å²) in [5, 5.41) is 11.7. The quantitative estimate of drug-likeness (QED) is 0.490. The third-order valence-electron chi connectivity index (χ3n) is 4.46. The molecule has 0 radical (unpaired) electrons. The second kappa shape index (κ2) is 8.56. The normalized spacial score (nSPS) is 21.6. The summed E-state index contributed by atoms with van der Waals surface area (Å²) in [6.07, 6.45) is -0.771. The molecule has 0 bridgehead atoms. The van der Waals surface area contributed by atoms with E-state index in [1.165, 1.54) is 18.7 Å². The van der Waals surface area contributed by atoms with Crippen LogP contribution in [0.1, 0.15) is 13.8 Å². The van der Waals surface area contributed by atoms with Crippen LogP contribution in [-0.4, -0.2) is 63.6 Å². The van der Waals surface area contributed by atoms with Gasteiger partial charge in [0, 0.05) is 18.2 Å². The fourth-order valence-electron chi connectivity index (χ4n) is 3.15. The lowest BCUT2D eigenvalue weighted by Gasteiger charge is -2.49. The molecule has 2 heterocycles. The molecular weight excluding hydrogens is 400 g/mol. The molecular formula is C19H20N2O7S. The molecule has 2 N–H and O–H groups in total. The summed E-state index contributed by atoms with van der Waals surface area (Å²) in [6.45, 7) is 2.53. The average Bonchev–Trinajstić information content (AvgIpc) is 2.69. The number of carboxylic acids is 1. The van der Waals surface area contributed by atoms with Crippen molar-refractivity contribution in [2.24, 2.45) is 0 Å². The van der Waals surface area contributed by atoms with Crippen LogP contribution in [-0.2, 0) is 23.9 Å². The van der Waals surface area contributed by atoms with Crippen molar-refractivity contribution in [2.45, 2.75) is 31.4 Å². The molecule has 1 fully saturated rings. The number of para-hydroxylation sites is 1. The molecule has 2 aliphatic heterocycles.